The third kappa shape index (κ3) is 4.75. The molecule has 6 nitrogen and oxygen atoms in total. The van der Waals surface area contributed by atoms with Crippen LogP contribution in [0.4, 0.5) is 0 Å². The highest BCUT2D eigenvalue weighted by Crippen LogP contribution is 2.32. The maximum Gasteiger partial charge on any atom is 0.255 e. The topological polar surface area (TPSA) is 78.5 Å². The Bertz CT molecular complexity index is 1120. The highest BCUT2D eigenvalue weighted by atomic mass is 35.5. The Kier molecular flexibility index (Phi) is 6.70. The maximum atomic E-state index is 13.0. The first-order chi connectivity index (χ1) is 16.5. The number of hydrogen-bond donors (Lipinski definition) is 2. The van der Waals surface area contributed by atoms with Crippen molar-refractivity contribution in [1.29, 1.82) is 0 Å². The van der Waals surface area contributed by atoms with E-state index in [1.54, 1.807) is 4.90 Å². The second-order valence-electron chi connectivity index (χ2n) is 9.72. The Balaban J connectivity index is 1.26. The van der Waals surface area contributed by atoms with Crippen molar-refractivity contribution in [2.24, 2.45) is 5.92 Å². The molecule has 34 heavy (non-hydrogen) atoms. The van der Waals surface area contributed by atoms with Crippen molar-refractivity contribution in [3.63, 3.8) is 0 Å². The van der Waals surface area contributed by atoms with Crippen molar-refractivity contribution in [3.8, 4) is 0 Å². The summed E-state index contributed by atoms with van der Waals surface area (Å²) in [6, 6.07) is 13.9. The fourth-order valence-corrected chi connectivity index (χ4v) is 5.86. The second kappa shape index (κ2) is 9.88. The molecule has 2 heterocycles. The van der Waals surface area contributed by atoms with Crippen LogP contribution >= 0.6 is 11.6 Å². The van der Waals surface area contributed by atoms with Gasteiger partial charge in [-0.25, -0.2) is 0 Å². The Morgan fingerprint density at radius 2 is 1.85 bits per heavy atom. The number of imide groups is 1. The Morgan fingerprint density at radius 1 is 1.03 bits per heavy atom. The number of piperidine rings is 1. The number of fused-ring (bicyclic) bond motifs is 1. The van der Waals surface area contributed by atoms with Crippen molar-refractivity contribution in [1.82, 2.24) is 15.5 Å². The van der Waals surface area contributed by atoms with Crippen LogP contribution in [0.1, 0.15) is 65.6 Å². The van der Waals surface area contributed by atoms with Gasteiger partial charge in [-0.2, -0.15) is 0 Å². The highest BCUT2D eigenvalue weighted by Gasteiger charge is 2.39. The summed E-state index contributed by atoms with van der Waals surface area (Å²) in [7, 11) is 0. The van der Waals surface area contributed by atoms with Crippen LogP contribution in [0, 0.1) is 5.92 Å². The average molecular weight is 480 g/mol. The molecular formula is C27H30ClN3O3. The van der Waals surface area contributed by atoms with Gasteiger partial charge < -0.3 is 10.2 Å². The first kappa shape index (κ1) is 23.1. The predicted octanol–water partition coefficient (Wildman–Crippen LogP) is 3.99. The summed E-state index contributed by atoms with van der Waals surface area (Å²) in [6.45, 7) is 1.19. The van der Waals surface area contributed by atoms with Gasteiger partial charge in [0.05, 0.1) is 0 Å². The van der Waals surface area contributed by atoms with E-state index in [1.807, 2.05) is 24.3 Å². The lowest BCUT2D eigenvalue weighted by atomic mass is 9.80. The van der Waals surface area contributed by atoms with Gasteiger partial charge in [0, 0.05) is 36.1 Å². The van der Waals surface area contributed by atoms with E-state index in [0.717, 1.165) is 35.5 Å². The van der Waals surface area contributed by atoms with Crippen molar-refractivity contribution < 1.29 is 14.4 Å². The Hall–Kier alpha value is -2.70. The monoisotopic (exact) mass is 479 g/mol. The SMILES string of the molecule is O=C1CCC(N2Cc3cc(C[C@H]4CCCC[C@@H]4NCc4ccccc4Cl)ccc3C2=O)C(=O)N1. The quantitative estimate of drug-likeness (QED) is 0.614. The molecule has 3 atom stereocenters. The van der Waals surface area contributed by atoms with Crippen LogP contribution in [0.15, 0.2) is 42.5 Å². The van der Waals surface area contributed by atoms with E-state index in [1.165, 1.54) is 24.8 Å². The van der Waals surface area contributed by atoms with Crippen LogP contribution in [-0.4, -0.2) is 34.7 Å². The van der Waals surface area contributed by atoms with E-state index in [0.29, 0.717) is 30.5 Å². The predicted molar refractivity (Wildman–Crippen MR) is 130 cm³/mol. The molecule has 2 aromatic rings. The van der Waals surface area contributed by atoms with Crippen molar-refractivity contribution in [2.45, 2.75) is 70.1 Å². The van der Waals surface area contributed by atoms with Gasteiger partial charge in [0.1, 0.15) is 6.04 Å². The molecule has 0 bridgehead atoms. The first-order valence-electron chi connectivity index (χ1n) is 12.2. The molecule has 0 radical (unpaired) electrons. The molecule has 7 heteroatoms. The Labute approximate surface area is 205 Å². The van der Waals surface area contributed by atoms with Crippen LogP contribution in [-0.2, 0) is 29.1 Å². The standard InChI is InChI=1S/C27H30ClN3O3/c28-22-7-3-1-6-19(22)15-29-23-8-4-2-5-18(23)13-17-9-10-21-20(14-17)16-31(27(21)34)24-11-12-25(32)30-26(24)33/h1,3,6-7,9-10,14,18,23-24,29H,2,4-5,8,11-13,15-16H2,(H,30,32,33)/t18-,23+,24?/m1/s1. The van der Waals surface area contributed by atoms with E-state index in [2.05, 4.69) is 28.8 Å². The number of amides is 3. The summed E-state index contributed by atoms with van der Waals surface area (Å²) in [5.74, 6) is -0.226. The lowest BCUT2D eigenvalue weighted by Gasteiger charge is -2.33. The number of nitrogens with zero attached hydrogens (tertiary/aromatic N) is 1. The fourth-order valence-electron chi connectivity index (χ4n) is 5.66. The van der Waals surface area contributed by atoms with Gasteiger partial charge in [-0.15, -0.1) is 0 Å². The highest BCUT2D eigenvalue weighted by molar-refractivity contribution is 6.31. The van der Waals surface area contributed by atoms with Crippen LogP contribution in [0.5, 0.6) is 0 Å². The number of halogens is 1. The molecule has 2 N–H and O–H groups in total. The second-order valence-corrected chi connectivity index (χ2v) is 10.1. The van der Waals surface area contributed by atoms with E-state index in [4.69, 9.17) is 11.6 Å². The van der Waals surface area contributed by atoms with Crippen molar-refractivity contribution >= 4 is 29.3 Å². The molecule has 2 aliphatic heterocycles. The van der Waals surface area contributed by atoms with Gasteiger partial charge in [0.25, 0.3) is 5.91 Å². The van der Waals surface area contributed by atoms with Gasteiger partial charge in [-0.3, -0.25) is 19.7 Å². The number of nitrogens with one attached hydrogen (secondary N) is 2. The number of carbonyl (C=O) groups excluding carboxylic acids is 3. The molecule has 2 aromatic carbocycles. The first-order valence-corrected chi connectivity index (χ1v) is 12.6. The minimum atomic E-state index is -0.571. The van der Waals surface area contributed by atoms with E-state index in [9.17, 15) is 14.4 Å². The third-order valence-corrected chi connectivity index (χ3v) is 7.88. The zero-order valence-corrected chi connectivity index (χ0v) is 19.9. The number of carbonyl (C=O) groups is 3. The fraction of sp³-hybridized carbons (Fsp3) is 0.444. The average Bonchev–Trinajstić information content (AvgIpc) is 3.15. The molecule has 1 aliphatic carbocycles. The minimum absolute atomic E-state index is 0.118. The lowest BCUT2D eigenvalue weighted by molar-refractivity contribution is -0.136. The van der Waals surface area contributed by atoms with Crippen LogP contribution in [0.2, 0.25) is 5.02 Å². The zero-order chi connectivity index (χ0) is 23.7. The zero-order valence-electron chi connectivity index (χ0n) is 19.2. The molecule has 3 aliphatic rings. The minimum Gasteiger partial charge on any atom is -0.322 e. The molecule has 1 saturated carbocycles. The summed E-state index contributed by atoms with van der Waals surface area (Å²) in [4.78, 5) is 38.4. The normalized spacial score (nSPS) is 24.8. The summed E-state index contributed by atoms with van der Waals surface area (Å²) in [5.41, 5.74) is 4.00. The van der Waals surface area contributed by atoms with Gasteiger partial charge in [-0.1, -0.05) is 54.8 Å². The smallest absolute Gasteiger partial charge is 0.255 e. The molecule has 1 saturated heterocycles. The van der Waals surface area contributed by atoms with Crippen LogP contribution in [0.3, 0.4) is 0 Å². The maximum absolute atomic E-state index is 13.0. The van der Waals surface area contributed by atoms with E-state index < -0.39 is 6.04 Å². The molecular weight excluding hydrogens is 450 g/mol. The molecule has 5 rings (SSSR count). The summed E-state index contributed by atoms with van der Waals surface area (Å²) >= 11 is 6.34. The molecule has 1 unspecified atom stereocenters. The Morgan fingerprint density at radius 3 is 2.68 bits per heavy atom. The van der Waals surface area contributed by atoms with Gasteiger partial charge >= 0.3 is 0 Å². The summed E-state index contributed by atoms with van der Waals surface area (Å²) < 4.78 is 0. The molecule has 0 spiro atoms. The van der Waals surface area contributed by atoms with Gasteiger partial charge in [0.2, 0.25) is 11.8 Å². The van der Waals surface area contributed by atoms with Crippen molar-refractivity contribution in [3.05, 3.63) is 69.7 Å². The molecule has 3 amide bonds. The molecule has 178 valence electrons. The van der Waals surface area contributed by atoms with Gasteiger partial charge in [0.15, 0.2) is 0 Å². The number of benzene rings is 2. The van der Waals surface area contributed by atoms with E-state index >= 15 is 0 Å². The van der Waals surface area contributed by atoms with Gasteiger partial charge in [-0.05, 0) is 60.4 Å². The largest absolute Gasteiger partial charge is 0.322 e. The number of hydrogen-bond acceptors (Lipinski definition) is 4. The lowest BCUT2D eigenvalue weighted by Crippen LogP contribution is -2.52. The third-order valence-electron chi connectivity index (χ3n) is 7.51. The molecule has 0 aromatic heterocycles. The van der Waals surface area contributed by atoms with Crippen molar-refractivity contribution in [2.75, 3.05) is 0 Å². The van der Waals surface area contributed by atoms with E-state index in [-0.39, 0.29) is 24.1 Å². The van der Waals surface area contributed by atoms with Crippen LogP contribution < -0.4 is 10.6 Å². The number of rotatable bonds is 6. The molecule has 2 fully saturated rings. The summed E-state index contributed by atoms with van der Waals surface area (Å²) in [5, 5.41) is 6.91. The summed E-state index contributed by atoms with van der Waals surface area (Å²) in [6.07, 6.45) is 6.42. The van der Waals surface area contributed by atoms with Crippen LogP contribution in [0.25, 0.3) is 0 Å².